The molecule has 6 heteroatoms. The molecule has 0 bridgehead atoms. The van der Waals surface area contributed by atoms with Gasteiger partial charge in [-0.1, -0.05) is 6.07 Å². The molecule has 3 rings (SSSR count). The van der Waals surface area contributed by atoms with Crippen molar-refractivity contribution < 1.29 is 28.5 Å². The van der Waals surface area contributed by atoms with Crippen LogP contribution in [0.25, 0.3) is 0 Å². The largest absolute Gasteiger partial charge is 0.497 e. The van der Waals surface area contributed by atoms with Crippen LogP contribution in [0, 0.1) is 0 Å². The van der Waals surface area contributed by atoms with Gasteiger partial charge in [0.25, 0.3) is 0 Å². The Bertz CT molecular complexity index is 752. The maximum absolute atomic E-state index is 12.1. The Morgan fingerprint density at radius 1 is 1.04 bits per heavy atom. The molecule has 0 radical (unpaired) electrons. The van der Waals surface area contributed by atoms with Crippen molar-refractivity contribution in [2.45, 2.75) is 0 Å². The molecular formula is C17H14O6. The summed E-state index contributed by atoms with van der Waals surface area (Å²) in [6.45, 7) is -0.215. The zero-order chi connectivity index (χ0) is 16.2. The summed E-state index contributed by atoms with van der Waals surface area (Å²) in [6.07, 6.45) is 0. The van der Waals surface area contributed by atoms with Crippen molar-refractivity contribution in [1.82, 2.24) is 0 Å². The van der Waals surface area contributed by atoms with Gasteiger partial charge in [0.1, 0.15) is 5.75 Å². The second-order valence-electron chi connectivity index (χ2n) is 4.80. The molecule has 0 fully saturated rings. The SMILES string of the molecule is COc1cccc(C(=O)OCC(=O)c2ccc3c(c2)OCO3)c1. The third-order valence-electron chi connectivity index (χ3n) is 3.33. The fourth-order valence-electron chi connectivity index (χ4n) is 2.12. The number of rotatable bonds is 5. The lowest BCUT2D eigenvalue weighted by molar-refractivity contribution is 0.0474. The van der Waals surface area contributed by atoms with Crippen LogP contribution in [0.2, 0.25) is 0 Å². The molecule has 0 atom stereocenters. The van der Waals surface area contributed by atoms with Crippen molar-refractivity contribution in [3.63, 3.8) is 0 Å². The van der Waals surface area contributed by atoms with Crippen LogP contribution in [0.1, 0.15) is 20.7 Å². The number of benzene rings is 2. The summed E-state index contributed by atoms with van der Waals surface area (Å²) in [7, 11) is 1.51. The van der Waals surface area contributed by atoms with Crippen molar-refractivity contribution >= 4 is 11.8 Å². The van der Waals surface area contributed by atoms with E-state index >= 15 is 0 Å². The highest BCUT2D eigenvalue weighted by Gasteiger charge is 2.17. The number of esters is 1. The molecule has 1 aliphatic heterocycles. The fourth-order valence-corrected chi connectivity index (χ4v) is 2.12. The minimum absolute atomic E-state index is 0.137. The van der Waals surface area contributed by atoms with Crippen LogP contribution in [0.3, 0.4) is 0 Å². The summed E-state index contributed by atoms with van der Waals surface area (Å²) in [6, 6.07) is 11.4. The third-order valence-corrected chi connectivity index (χ3v) is 3.33. The van der Waals surface area contributed by atoms with E-state index in [0.717, 1.165) is 0 Å². The van der Waals surface area contributed by atoms with Crippen LogP contribution >= 0.6 is 0 Å². The maximum atomic E-state index is 12.1. The second kappa shape index (κ2) is 6.39. The van der Waals surface area contributed by atoms with Crippen molar-refractivity contribution in [3.8, 4) is 17.2 Å². The molecule has 0 aromatic heterocycles. The lowest BCUT2D eigenvalue weighted by Crippen LogP contribution is -2.14. The van der Waals surface area contributed by atoms with Gasteiger partial charge in [-0.2, -0.15) is 0 Å². The Morgan fingerprint density at radius 3 is 2.70 bits per heavy atom. The molecule has 0 N–H and O–H groups in total. The predicted molar refractivity (Wildman–Crippen MR) is 80.2 cm³/mol. The van der Waals surface area contributed by atoms with Crippen LogP contribution < -0.4 is 14.2 Å². The van der Waals surface area contributed by atoms with Crippen molar-refractivity contribution in [3.05, 3.63) is 53.6 Å². The van der Waals surface area contributed by atoms with Gasteiger partial charge in [-0.15, -0.1) is 0 Å². The van der Waals surface area contributed by atoms with Crippen molar-refractivity contribution in [2.24, 2.45) is 0 Å². The highest BCUT2D eigenvalue weighted by atomic mass is 16.7. The Morgan fingerprint density at radius 2 is 1.87 bits per heavy atom. The van der Waals surface area contributed by atoms with Gasteiger partial charge in [0.05, 0.1) is 12.7 Å². The van der Waals surface area contributed by atoms with E-state index in [2.05, 4.69) is 0 Å². The zero-order valence-corrected chi connectivity index (χ0v) is 12.4. The number of carbonyl (C=O) groups excluding carboxylic acids is 2. The van der Waals surface area contributed by atoms with Gasteiger partial charge >= 0.3 is 5.97 Å². The number of carbonyl (C=O) groups is 2. The monoisotopic (exact) mass is 314 g/mol. The number of fused-ring (bicyclic) bond motifs is 1. The van der Waals surface area contributed by atoms with E-state index in [1.54, 1.807) is 42.5 Å². The van der Waals surface area contributed by atoms with Gasteiger partial charge in [-0.25, -0.2) is 4.79 Å². The number of hydrogen-bond acceptors (Lipinski definition) is 6. The number of ketones is 1. The van der Waals surface area contributed by atoms with E-state index in [0.29, 0.717) is 28.4 Å². The third kappa shape index (κ3) is 3.26. The Kier molecular flexibility index (Phi) is 4.14. The van der Waals surface area contributed by atoms with E-state index < -0.39 is 5.97 Å². The lowest BCUT2D eigenvalue weighted by atomic mass is 10.1. The van der Waals surface area contributed by atoms with E-state index in [1.807, 2.05) is 0 Å². The average Bonchev–Trinajstić information content (AvgIpc) is 3.07. The van der Waals surface area contributed by atoms with E-state index in [4.69, 9.17) is 18.9 Å². The van der Waals surface area contributed by atoms with Gasteiger partial charge in [-0.05, 0) is 36.4 Å². The molecule has 0 aliphatic carbocycles. The van der Waals surface area contributed by atoms with Crippen LogP contribution in [0.15, 0.2) is 42.5 Å². The topological polar surface area (TPSA) is 71.1 Å². The van der Waals surface area contributed by atoms with E-state index in [1.165, 1.54) is 7.11 Å². The van der Waals surface area contributed by atoms with Crippen LogP contribution in [0.4, 0.5) is 0 Å². The Hall–Kier alpha value is -3.02. The molecule has 0 spiro atoms. The Labute approximate surface area is 132 Å². The Balaban J connectivity index is 1.63. The summed E-state index contributed by atoms with van der Waals surface area (Å²) >= 11 is 0. The number of ether oxygens (including phenoxy) is 4. The minimum Gasteiger partial charge on any atom is -0.497 e. The number of hydrogen-bond donors (Lipinski definition) is 0. The smallest absolute Gasteiger partial charge is 0.338 e. The first-order chi connectivity index (χ1) is 11.2. The summed E-state index contributed by atoms with van der Waals surface area (Å²) in [5.41, 5.74) is 0.718. The van der Waals surface area contributed by atoms with E-state index in [-0.39, 0.29) is 19.2 Å². The highest BCUT2D eigenvalue weighted by Crippen LogP contribution is 2.32. The van der Waals surface area contributed by atoms with Gasteiger partial charge in [0, 0.05) is 5.56 Å². The first-order valence-corrected chi connectivity index (χ1v) is 6.91. The quantitative estimate of drug-likeness (QED) is 0.623. The molecule has 0 unspecified atom stereocenters. The molecule has 1 aliphatic rings. The average molecular weight is 314 g/mol. The predicted octanol–water partition coefficient (Wildman–Crippen LogP) is 2.46. The maximum Gasteiger partial charge on any atom is 0.338 e. The van der Waals surface area contributed by atoms with Gasteiger partial charge in [0.15, 0.2) is 23.9 Å². The lowest BCUT2D eigenvalue weighted by Gasteiger charge is -2.06. The zero-order valence-electron chi connectivity index (χ0n) is 12.4. The van der Waals surface area contributed by atoms with Gasteiger partial charge in [0.2, 0.25) is 6.79 Å². The van der Waals surface area contributed by atoms with Crippen molar-refractivity contribution in [2.75, 3.05) is 20.5 Å². The molecule has 0 amide bonds. The molecule has 2 aromatic carbocycles. The van der Waals surface area contributed by atoms with Crippen LogP contribution in [-0.2, 0) is 4.74 Å². The second-order valence-corrected chi connectivity index (χ2v) is 4.80. The van der Waals surface area contributed by atoms with Crippen LogP contribution in [-0.4, -0.2) is 32.3 Å². The van der Waals surface area contributed by atoms with Gasteiger partial charge in [-0.3, -0.25) is 4.79 Å². The molecule has 2 aromatic rings. The molecule has 118 valence electrons. The van der Waals surface area contributed by atoms with Gasteiger partial charge < -0.3 is 18.9 Å². The molecule has 6 nitrogen and oxygen atoms in total. The molecule has 0 saturated carbocycles. The van der Waals surface area contributed by atoms with Crippen LogP contribution in [0.5, 0.6) is 17.2 Å². The summed E-state index contributed by atoms with van der Waals surface area (Å²) in [5.74, 6) is 0.740. The molecule has 1 heterocycles. The first-order valence-electron chi connectivity index (χ1n) is 6.91. The highest BCUT2D eigenvalue weighted by molar-refractivity contribution is 5.99. The molecule has 0 saturated heterocycles. The fraction of sp³-hybridized carbons (Fsp3) is 0.176. The first kappa shape index (κ1) is 14.9. The standard InChI is InChI=1S/C17H14O6/c1-20-13-4-2-3-12(7-13)17(19)21-9-14(18)11-5-6-15-16(8-11)23-10-22-15/h2-8H,9-10H2,1H3. The minimum atomic E-state index is -0.585. The summed E-state index contributed by atoms with van der Waals surface area (Å²) in [4.78, 5) is 24.1. The van der Waals surface area contributed by atoms with Crippen molar-refractivity contribution in [1.29, 1.82) is 0 Å². The molecule has 23 heavy (non-hydrogen) atoms. The number of Topliss-reactive ketones (excluding diaryl/α,β-unsaturated/α-hetero) is 1. The summed E-state index contributed by atoms with van der Waals surface area (Å²) < 4.78 is 20.5. The summed E-state index contributed by atoms with van der Waals surface area (Å²) in [5, 5.41) is 0. The van der Waals surface area contributed by atoms with E-state index in [9.17, 15) is 9.59 Å². The number of methoxy groups -OCH3 is 1. The normalized spacial score (nSPS) is 11.9. The molecular weight excluding hydrogens is 300 g/mol.